The molecule has 0 aromatic heterocycles. The third-order valence-corrected chi connectivity index (χ3v) is 7.35. The molecule has 13 nitrogen and oxygen atoms in total. The second-order valence-corrected chi connectivity index (χ2v) is 10.9. The Balaban J connectivity index is 0.000000675. The average Bonchev–Trinajstić information content (AvgIpc) is 2.94. The van der Waals surface area contributed by atoms with Gasteiger partial charge in [0.1, 0.15) is 5.75 Å². The number of rotatable bonds is 9. The summed E-state index contributed by atoms with van der Waals surface area (Å²) in [6.07, 6.45) is 3.77. The van der Waals surface area contributed by atoms with Gasteiger partial charge in [-0.25, -0.2) is 14.4 Å². The van der Waals surface area contributed by atoms with Gasteiger partial charge in [0.2, 0.25) is 0 Å². The summed E-state index contributed by atoms with van der Waals surface area (Å²) in [7, 11) is 3.18. The number of anilines is 1. The maximum Gasteiger partial charge on any atom is 0.328 e. The van der Waals surface area contributed by atoms with Gasteiger partial charge >= 0.3 is 18.0 Å². The second kappa shape index (κ2) is 16.8. The molecule has 2 atom stereocenters. The Morgan fingerprint density at radius 2 is 1.69 bits per heavy atom. The minimum atomic E-state index is -1.26. The van der Waals surface area contributed by atoms with Crippen LogP contribution in [0.2, 0.25) is 5.02 Å². The van der Waals surface area contributed by atoms with Crippen molar-refractivity contribution < 1.29 is 38.9 Å². The Hall–Kier alpha value is -3.55. The number of nitrogens with one attached hydrogen (secondary N) is 2. The molecule has 14 heteroatoms. The maximum absolute atomic E-state index is 13.0. The number of hydrogen-bond acceptors (Lipinski definition) is 8. The highest BCUT2D eigenvalue weighted by molar-refractivity contribution is 6.33. The van der Waals surface area contributed by atoms with Crippen LogP contribution < -0.4 is 21.1 Å². The Bertz CT molecular complexity index is 1110. The molecule has 2 saturated heterocycles. The first-order valence-electron chi connectivity index (χ1n) is 13.7. The number of piperidine rings is 2. The number of amides is 3. The van der Waals surface area contributed by atoms with Crippen LogP contribution in [0.15, 0.2) is 24.3 Å². The number of likely N-dealkylation sites (tertiary alicyclic amines) is 2. The molecule has 0 spiro atoms. The van der Waals surface area contributed by atoms with Crippen molar-refractivity contribution in [3.8, 4) is 5.75 Å². The lowest BCUT2D eigenvalue weighted by atomic mass is 9.94. The monoisotopic (exact) mass is 611 g/mol. The van der Waals surface area contributed by atoms with E-state index in [0.717, 1.165) is 52.0 Å². The number of carbonyl (C=O) groups is 4. The smallest absolute Gasteiger partial charge is 0.328 e. The Labute approximate surface area is 250 Å². The van der Waals surface area contributed by atoms with Crippen LogP contribution in [0, 0.1) is 5.92 Å². The fourth-order valence-corrected chi connectivity index (χ4v) is 5.04. The standard InChI is InChI=1S/C24H38ClN5O4.C4H4O4/c1-15(2)27-24(32)30-9-5-16(6-10-30)13-29-8-7-20(22(14-29)34-4)28-23(31)17-11-18(25)19(26)12-21(17)33-3;5-3(6)1-2-4(7)8/h11-12,15-16,20,22H,5-10,13-14,26H2,1-4H3,(H,27,32)(H,28,31);1-2H,(H,5,6)(H,7,8)/b;2-1-/t20-,22+;/m0./s1. The van der Waals surface area contributed by atoms with E-state index in [1.807, 2.05) is 18.7 Å². The number of carboxylic acid groups (broad SMARTS) is 2. The van der Waals surface area contributed by atoms with Gasteiger partial charge in [-0.1, -0.05) is 11.6 Å². The molecule has 0 unspecified atom stereocenters. The van der Waals surface area contributed by atoms with E-state index >= 15 is 0 Å². The van der Waals surface area contributed by atoms with Gasteiger partial charge in [0.05, 0.1) is 35.5 Å². The van der Waals surface area contributed by atoms with Crippen LogP contribution in [0.4, 0.5) is 10.5 Å². The maximum atomic E-state index is 13.0. The van der Waals surface area contributed by atoms with Gasteiger partial charge in [0.25, 0.3) is 5.91 Å². The van der Waals surface area contributed by atoms with Gasteiger partial charge in [0, 0.05) is 64.1 Å². The molecule has 2 aliphatic rings. The summed E-state index contributed by atoms with van der Waals surface area (Å²) in [6, 6.07) is 3.16. The zero-order valence-electron chi connectivity index (χ0n) is 24.5. The Kier molecular flexibility index (Phi) is 13.8. The Morgan fingerprint density at radius 1 is 1.07 bits per heavy atom. The Morgan fingerprint density at radius 3 is 2.21 bits per heavy atom. The fraction of sp³-hybridized carbons (Fsp3) is 0.571. The molecule has 0 saturated carbocycles. The van der Waals surface area contributed by atoms with Crippen molar-refractivity contribution in [1.29, 1.82) is 0 Å². The first-order chi connectivity index (χ1) is 19.8. The number of ether oxygens (including phenoxy) is 2. The molecule has 0 radical (unpaired) electrons. The van der Waals surface area contributed by atoms with Crippen LogP contribution in [-0.4, -0.2) is 109 Å². The molecule has 0 aliphatic carbocycles. The number of urea groups is 1. The van der Waals surface area contributed by atoms with E-state index in [2.05, 4.69) is 15.5 Å². The predicted molar refractivity (Wildman–Crippen MR) is 158 cm³/mol. The molecule has 2 fully saturated rings. The van der Waals surface area contributed by atoms with Gasteiger partial charge in [-0.2, -0.15) is 0 Å². The first kappa shape index (κ1) is 34.7. The largest absolute Gasteiger partial charge is 0.496 e. The van der Waals surface area contributed by atoms with Gasteiger partial charge in [-0.05, 0) is 45.1 Å². The van der Waals surface area contributed by atoms with Crippen molar-refractivity contribution in [2.75, 3.05) is 52.7 Å². The zero-order chi connectivity index (χ0) is 31.4. The summed E-state index contributed by atoms with van der Waals surface area (Å²) in [5.74, 6) is -1.83. The summed E-state index contributed by atoms with van der Waals surface area (Å²) in [4.78, 5) is 48.6. The van der Waals surface area contributed by atoms with Crippen molar-refractivity contribution >= 4 is 41.2 Å². The van der Waals surface area contributed by atoms with Crippen LogP contribution in [-0.2, 0) is 14.3 Å². The number of aliphatic carboxylic acids is 2. The molecule has 3 rings (SSSR count). The molecule has 2 heterocycles. The first-order valence-corrected chi connectivity index (χ1v) is 14.1. The van der Waals surface area contributed by atoms with E-state index in [4.69, 9.17) is 37.0 Å². The number of nitrogens with zero attached hydrogens (tertiary/aromatic N) is 2. The summed E-state index contributed by atoms with van der Waals surface area (Å²) >= 11 is 6.13. The zero-order valence-corrected chi connectivity index (χ0v) is 25.2. The van der Waals surface area contributed by atoms with E-state index < -0.39 is 11.9 Å². The molecule has 234 valence electrons. The van der Waals surface area contributed by atoms with Crippen LogP contribution in [0.1, 0.15) is 43.5 Å². The van der Waals surface area contributed by atoms with Crippen LogP contribution in [0.3, 0.4) is 0 Å². The van der Waals surface area contributed by atoms with E-state index in [0.29, 0.717) is 40.1 Å². The molecule has 1 aromatic carbocycles. The van der Waals surface area contributed by atoms with Gasteiger partial charge < -0.3 is 45.9 Å². The van der Waals surface area contributed by atoms with Crippen LogP contribution >= 0.6 is 11.6 Å². The minimum Gasteiger partial charge on any atom is -0.496 e. The topological polar surface area (TPSA) is 184 Å². The van der Waals surface area contributed by atoms with Crippen molar-refractivity contribution in [3.63, 3.8) is 0 Å². The number of benzene rings is 1. The quantitative estimate of drug-likeness (QED) is 0.205. The van der Waals surface area contributed by atoms with Crippen molar-refractivity contribution in [2.45, 2.75) is 51.3 Å². The molecule has 6 N–H and O–H groups in total. The summed E-state index contributed by atoms with van der Waals surface area (Å²) in [5.41, 5.74) is 6.55. The second-order valence-electron chi connectivity index (χ2n) is 10.5. The highest BCUT2D eigenvalue weighted by Crippen LogP contribution is 2.29. The van der Waals surface area contributed by atoms with E-state index in [1.165, 1.54) is 13.2 Å². The third kappa shape index (κ3) is 11.0. The lowest BCUT2D eigenvalue weighted by Crippen LogP contribution is -2.56. The van der Waals surface area contributed by atoms with Gasteiger partial charge in [-0.15, -0.1) is 0 Å². The number of nitrogen functional groups attached to an aromatic ring is 1. The molecule has 0 bridgehead atoms. The van der Waals surface area contributed by atoms with E-state index in [9.17, 15) is 19.2 Å². The molecule has 3 amide bonds. The molecule has 1 aromatic rings. The summed E-state index contributed by atoms with van der Waals surface area (Å²) in [5, 5.41) is 22.0. The number of methoxy groups -OCH3 is 2. The van der Waals surface area contributed by atoms with Crippen molar-refractivity contribution in [2.24, 2.45) is 5.92 Å². The molecule has 2 aliphatic heterocycles. The van der Waals surface area contributed by atoms with Gasteiger partial charge in [0.15, 0.2) is 0 Å². The fourth-order valence-electron chi connectivity index (χ4n) is 4.88. The SMILES string of the molecule is COc1cc(N)c(Cl)cc1C(=O)N[C@H]1CCN(CC2CCN(C(=O)NC(C)C)CC2)C[C@H]1OC.O=C(O)/C=C\C(=O)O. The number of hydrogen-bond donors (Lipinski definition) is 5. The van der Waals surface area contributed by atoms with E-state index in [1.54, 1.807) is 13.2 Å². The molecule has 42 heavy (non-hydrogen) atoms. The van der Waals surface area contributed by atoms with Gasteiger partial charge in [-0.3, -0.25) is 4.79 Å². The lowest BCUT2D eigenvalue weighted by molar-refractivity contribution is -0.134. The molecular formula is C28H42ClN5O8. The minimum absolute atomic E-state index is 0.0310. The normalized spacial score (nSPS) is 19.6. The number of carboxylic acids is 2. The van der Waals surface area contributed by atoms with Crippen molar-refractivity contribution in [1.82, 2.24) is 20.4 Å². The molecular weight excluding hydrogens is 570 g/mol. The summed E-state index contributed by atoms with van der Waals surface area (Å²) in [6.45, 7) is 8.12. The summed E-state index contributed by atoms with van der Waals surface area (Å²) < 4.78 is 11.1. The highest BCUT2D eigenvalue weighted by Gasteiger charge is 2.33. The predicted octanol–water partition coefficient (Wildman–Crippen LogP) is 2.29. The lowest BCUT2D eigenvalue weighted by Gasteiger charge is -2.41. The average molecular weight is 612 g/mol. The number of halogens is 1. The number of carbonyl (C=O) groups excluding carboxylic acids is 2. The van der Waals surface area contributed by atoms with Crippen LogP contribution in [0.25, 0.3) is 0 Å². The third-order valence-electron chi connectivity index (χ3n) is 7.02. The van der Waals surface area contributed by atoms with E-state index in [-0.39, 0.29) is 30.1 Å². The van der Waals surface area contributed by atoms with Crippen molar-refractivity contribution in [3.05, 3.63) is 34.9 Å². The number of nitrogens with two attached hydrogens (primary N) is 1. The highest BCUT2D eigenvalue weighted by atomic mass is 35.5. The van der Waals surface area contributed by atoms with Crippen LogP contribution in [0.5, 0.6) is 5.75 Å².